The van der Waals surface area contributed by atoms with Crippen LogP contribution < -0.4 is 0 Å². The summed E-state index contributed by atoms with van der Waals surface area (Å²) >= 11 is 0. The maximum absolute atomic E-state index is 10.5. The summed E-state index contributed by atoms with van der Waals surface area (Å²) in [6.45, 7) is 3.52. The highest BCUT2D eigenvalue weighted by atomic mass is 16.4. The van der Waals surface area contributed by atoms with Crippen LogP contribution in [0.5, 0.6) is 0 Å². The van der Waals surface area contributed by atoms with Crippen LogP contribution in [0.2, 0.25) is 0 Å². The Kier molecular flexibility index (Phi) is 2.90. The van der Waals surface area contributed by atoms with E-state index in [0.29, 0.717) is 5.76 Å². The van der Waals surface area contributed by atoms with Crippen molar-refractivity contribution in [1.82, 2.24) is 0 Å². The predicted molar refractivity (Wildman–Crippen MR) is 49.4 cm³/mol. The Hall–Kier alpha value is -1.51. The number of carboxylic acid groups (broad SMARTS) is 1. The van der Waals surface area contributed by atoms with Gasteiger partial charge in [0.1, 0.15) is 11.5 Å². The van der Waals surface area contributed by atoms with Crippen LogP contribution in [-0.2, 0) is 11.2 Å². The van der Waals surface area contributed by atoms with E-state index in [2.05, 4.69) is 0 Å². The van der Waals surface area contributed by atoms with E-state index in [1.165, 1.54) is 13.0 Å². The topological polar surface area (TPSA) is 50.4 Å². The third-order valence-electron chi connectivity index (χ3n) is 1.73. The zero-order chi connectivity index (χ0) is 9.84. The molecule has 0 aliphatic carbocycles. The first-order chi connectivity index (χ1) is 6.13. The fraction of sp³-hybridized carbons (Fsp3) is 0.300. The van der Waals surface area contributed by atoms with Gasteiger partial charge in [-0.05, 0) is 25.1 Å². The van der Waals surface area contributed by atoms with E-state index in [4.69, 9.17) is 9.52 Å². The molecule has 3 nitrogen and oxygen atoms in total. The van der Waals surface area contributed by atoms with Gasteiger partial charge in [-0.2, -0.15) is 0 Å². The van der Waals surface area contributed by atoms with Gasteiger partial charge in [0.15, 0.2) is 0 Å². The largest absolute Gasteiger partial charge is 0.478 e. The molecule has 0 saturated heterocycles. The number of hydrogen-bond donors (Lipinski definition) is 1. The Morgan fingerprint density at radius 2 is 2.31 bits per heavy atom. The van der Waals surface area contributed by atoms with Gasteiger partial charge in [0.05, 0.1) is 0 Å². The molecule has 1 aromatic rings. The van der Waals surface area contributed by atoms with Gasteiger partial charge in [-0.1, -0.05) is 6.92 Å². The number of furan rings is 1. The lowest BCUT2D eigenvalue weighted by Gasteiger charge is -1.90. The van der Waals surface area contributed by atoms with Gasteiger partial charge in [0.2, 0.25) is 0 Å². The number of carbonyl (C=O) groups is 1. The Morgan fingerprint density at radius 1 is 1.62 bits per heavy atom. The molecule has 0 atom stereocenters. The minimum atomic E-state index is -0.922. The van der Waals surface area contributed by atoms with E-state index in [1.807, 2.05) is 13.0 Å². The Morgan fingerprint density at radius 3 is 2.77 bits per heavy atom. The van der Waals surface area contributed by atoms with Gasteiger partial charge in [0.25, 0.3) is 0 Å². The minimum absolute atomic E-state index is 0.275. The second kappa shape index (κ2) is 3.94. The van der Waals surface area contributed by atoms with Crippen molar-refractivity contribution in [2.45, 2.75) is 20.3 Å². The molecule has 0 bridgehead atoms. The molecule has 0 unspecified atom stereocenters. The van der Waals surface area contributed by atoms with Crippen LogP contribution in [0.15, 0.2) is 22.1 Å². The lowest BCUT2D eigenvalue weighted by molar-refractivity contribution is -0.132. The second-order valence-electron chi connectivity index (χ2n) is 2.79. The van der Waals surface area contributed by atoms with Crippen molar-refractivity contribution in [1.29, 1.82) is 0 Å². The normalized spacial score (nSPS) is 11.7. The van der Waals surface area contributed by atoms with Crippen molar-refractivity contribution < 1.29 is 14.3 Å². The highest BCUT2D eigenvalue weighted by Gasteiger charge is 2.02. The SMILES string of the molecule is CCc1ccc(/C=C(\C)C(=O)O)o1. The highest BCUT2D eigenvalue weighted by molar-refractivity contribution is 5.90. The van der Waals surface area contributed by atoms with Crippen LogP contribution in [0.4, 0.5) is 0 Å². The van der Waals surface area contributed by atoms with Crippen LogP contribution in [0.25, 0.3) is 6.08 Å². The summed E-state index contributed by atoms with van der Waals surface area (Å²) in [6.07, 6.45) is 2.33. The molecule has 70 valence electrons. The predicted octanol–water partition coefficient (Wildman–Crippen LogP) is 2.33. The van der Waals surface area contributed by atoms with Crippen molar-refractivity contribution in [3.05, 3.63) is 29.2 Å². The van der Waals surface area contributed by atoms with Crippen molar-refractivity contribution in [3.63, 3.8) is 0 Å². The number of hydrogen-bond acceptors (Lipinski definition) is 2. The summed E-state index contributed by atoms with van der Waals surface area (Å²) < 4.78 is 5.31. The Bertz CT molecular complexity index is 334. The van der Waals surface area contributed by atoms with E-state index >= 15 is 0 Å². The van der Waals surface area contributed by atoms with Gasteiger partial charge < -0.3 is 9.52 Å². The molecule has 1 heterocycles. The third kappa shape index (κ3) is 2.47. The minimum Gasteiger partial charge on any atom is -0.478 e. The lowest BCUT2D eigenvalue weighted by atomic mass is 10.2. The van der Waals surface area contributed by atoms with Crippen molar-refractivity contribution in [3.8, 4) is 0 Å². The number of carboxylic acids is 1. The Balaban J connectivity index is 2.84. The first kappa shape index (κ1) is 9.58. The molecule has 0 aromatic carbocycles. The fourth-order valence-corrected chi connectivity index (χ4v) is 0.937. The third-order valence-corrected chi connectivity index (χ3v) is 1.73. The monoisotopic (exact) mass is 180 g/mol. The van der Waals surface area contributed by atoms with Gasteiger partial charge in [-0.3, -0.25) is 0 Å². The van der Waals surface area contributed by atoms with Crippen LogP contribution in [0.3, 0.4) is 0 Å². The van der Waals surface area contributed by atoms with E-state index in [-0.39, 0.29) is 5.57 Å². The maximum Gasteiger partial charge on any atom is 0.331 e. The average molecular weight is 180 g/mol. The number of rotatable bonds is 3. The molecule has 13 heavy (non-hydrogen) atoms. The maximum atomic E-state index is 10.5. The molecular weight excluding hydrogens is 168 g/mol. The highest BCUT2D eigenvalue weighted by Crippen LogP contribution is 2.12. The van der Waals surface area contributed by atoms with E-state index in [9.17, 15) is 4.79 Å². The van der Waals surface area contributed by atoms with Gasteiger partial charge in [0, 0.05) is 12.0 Å². The van der Waals surface area contributed by atoms with E-state index in [0.717, 1.165) is 12.2 Å². The molecular formula is C10H12O3. The molecule has 3 heteroatoms. The first-order valence-electron chi connectivity index (χ1n) is 4.13. The molecule has 0 radical (unpaired) electrons. The summed E-state index contributed by atoms with van der Waals surface area (Å²) in [7, 11) is 0. The molecule has 0 amide bonds. The fourth-order valence-electron chi connectivity index (χ4n) is 0.937. The van der Waals surface area contributed by atoms with Crippen molar-refractivity contribution in [2.75, 3.05) is 0 Å². The summed E-state index contributed by atoms with van der Waals surface area (Å²) in [5.74, 6) is 0.538. The molecule has 1 N–H and O–H groups in total. The molecule has 0 spiro atoms. The van der Waals surface area contributed by atoms with Gasteiger partial charge in [-0.15, -0.1) is 0 Å². The van der Waals surface area contributed by atoms with Gasteiger partial charge in [-0.25, -0.2) is 4.79 Å². The van der Waals surface area contributed by atoms with Gasteiger partial charge >= 0.3 is 5.97 Å². The van der Waals surface area contributed by atoms with Crippen LogP contribution in [-0.4, -0.2) is 11.1 Å². The molecule has 0 saturated carbocycles. The summed E-state index contributed by atoms with van der Waals surface area (Å²) in [4.78, 5) is 10.5. The van der Waals surface area contributed by atoms with Crippen molar-refractivity contribution >= 4 is 12.0 Å². The average Bonchev–Trinajstić information content (AvgIpc) is 2.52. The zero-order valence-electron chi connectivity index (χ0n) is 7.70. The second-order valence-corrected chi connectivity index (χ2v) is 2.79. The molecule has 1 aromatic heterocycles. The molecule has 0 aliphatic heterocycles. The zero-order valence-corrected chi connectivity index (χ0v) is 7.70. The van der Waals surface area contributed by atoms with Crippen LogP contribution in [0, 0.1) is 0 Å². The van der Waals surface area contributed by atoms with Crippen LogP contribution in [0.1, 0.15) is 25.4 Å². The molecule has 0 aliphatic rings. The smallest absolute Gasteiger partial charge is 0.331 e. The standard InChI is InChI=1S/C10H12O3/c1-3-8-4-5-9(13-8)6-7(2)10(11)12/h4-6H,3H2,1-2H3,(H,11,12)/b7-6+. The molecule has 0 fully saturated rings. The number of aliphatic carboxylic acids is 1. The van der Waals surface area contributed by atoms with Crippen LogP contribution >= 0.6 is 0 Å². The first-order valence-corrected chi connectivity index (χ1v) is 4.13. The number of aryl methyl sites for hydroxylation is 1. The lowest BCUT2D eigenvalue weighted by Crippen LogP contribution is -1.94. The molecule has 1 rings (SSSR count). The summed E-state index contributed by atoms with van der Waals surface area (Å²) in [5, 5.41) is 8.60. The van der Waals surface area contributed by atoms with Crippen molar-refractivity contribution in [2.24, 2.45) is 0 Å². The quantitative estimate of drug-likeness (QED) is 0.726. The van der Waals surface area contributed by atoms with E-state index in [1.54, 1.807) is 6.07 Å². The summed E-state index contributed by atoms with van der Waals surface area (Å²) in [6, 6.07) is 3.62. The summed E-state index contributed by atoms with van der Waals surface area (Å²) in [5.41, 5.74) is 0.275. The Labute approximate surface area is 76.7 Å². The van der Waals surface area contributed by atoms with E-state index < -0.39 is 5.97 Å².